The SMILES string of the molecule is Cc1ccc(F)c(-n2cc(O)c(C(=O)N3C[C@@H](C(=O)O)[C@H](C(C)C)C3)n2)c1. The molecule has 1 aliphatic heterocycles. The van der Waals surface area contributed by atoms with Crippen molar-refractivity contribution in [2.75, 3.05) is 13.1 Å². The lowest BCUT2D eigenvalue weighted by atomic mass is 9.86. The van der Waals surface area contributed by atoms with Crippen LogP contribution in [0.25, 0.3) is 5.69 Å². The zero-order valence-corrected chi connectivity index (χ0v) is 15.4. The van der Waals surface area contributed by atoms with Crippen LogP contribution in [-0.2, 0) is 4.79 Å². The van der Waals surface area contributed by atoms with Crippen LogP contribution < -0.4 is 0 Å². The summed E-state index contributed by atoms with van der Waals surface area (Å²) in [5.41, 5.74) is 0.705. The van der Waals surface area contributed by atoms with Gasteiger partial charge in [-0.15, -0.1) is 0 Å². The quantitative estimate of drug-likeness (QED) is 0.856. The lowest BCUT2D eigenvalue weighted by Crippen LogP contribution is -2.30. The van der Waals surface area contributed by atoms with E-state index in [1.165, 1.54) is 17.2 Å². The number of rotatable bonds is 4. The van der Waals surface area contributed by atoms with Gasteiger partial charge in [0.1, 0.15) is 11.5 Å². The second-order valence-electron chi connectivity index (χ2n) is 7.33. The van der Waals surface area contributed by atoms with E-state index in [1.807, 2.05) is 13.8 Å². The Bertz CT molecular complexity index is 893. The third-order valence-electron chi connectivity index (χ3n) is 5.07. The number of hydrogen-bond acceptors (Lipinski definition) is 4. The molecule has 27 heavy (non-hydrogen) atoms. The molecule has 0 spiro atoms. The number of amides is 1. The zero-order chi connectivity index (χ0) is 19.9. The van der Waals surface area contributed by atoms with Gasteiger partial charge in [0, 0.05) is 13.1 Å². The third kappa shape index (κ3) is 3.51. The molecule has 0 aliphatic carbocycles. The summed E-state index contributed by atoms with van der Waals surface area (Å²) in [6.45, 7) is 5.96. The second-order valence-corrected chi connectivity index (χ2v) is 7.33. The number of aryl methyl sites for hydroxylation is 1. The van der Waals surface area contributed by atoms with E-state index in [1.54, 1.807) is 19.1 Å². The van der Waals surface area contributed by atoms with Crippen LogP contribution in [0.3, 0.4) is 0 Å². The number of aromatic hydroxyl groups is 1. The van der Waals surface area contributed by atoms with E-state index in [0.717, 1.165) is 10.2 Å². The molecular weight excluding hydrogens is 353 g/mol. The topological polar surface area (TPSA) is 95.7 Å². The number of carboxylic acid groups (broad SMARTS) is 1. The first-order valence-corrected chi connectivity index (χ1v) is 8.76. The highest BCUT2D eigenvalue weighted by molar-refractivity contribution is 5.95. The molecule has 0 bridgehead atoms. The lowest BCUT2D eigenvalue weighted by Gasteiger charge is -2.18. The number of hydrogen-bond donors (Lipinski definition) is 2. The van der Waals surface area contributed by atoms with Crippen molar-refractivity contribution in [2.24, 2.45) is 17.8 Å². The lowest BCUT2D eigenvalue weighted by molar-refractivity contribution is -0.142. The molecule has 1 saturated heterocycles. The monoisotopic (exact) mass is 375 g/mol. The molecule has 2 aromatic rings. The van der Waals surface area contributed by atoms with Crippen molar-refractivity contribution >= 4 is 11.9 Å². The predicted octanol–water partition coefficient (Wildman–Crippen LogP) is 2.45. The average molecular weight is 375 g/mol. The molecule has 1 aromatic carbocycles. The Balaban J connectivity index is 1.89. The number of benzene rings is 1. The molecule has 1 aliphatic rings. The number of aromatic nitrogens is 2. The predicted molar refractivity (Wildman–Crippen MR) is 95.3 cm³/mol. The van der Waals surface area contributed by atoms with Crippen LogP contribution in [0.15, 0.2) is 24.4 Å². The van der Waals surface area contributed by atoms with Gasteiger partial charge in [0.25, 0.3) is 5.91 Å². The summed E-state index contributed by atoms with van der Waals surface area (Å²) in [7, 11) is 0. The Hall–Kier alpha value is -2.90. The molecule has 1 amide bonds. The number of carboxylic acids is 1. The van der Waals surface area contributed by atoms with Gasteiger partial charge >= 0.3 is 5.97 Å². The first-order valence-electron chi connectivity index (χ1n) is 8.76. The maximum absolute atomic E-state index is 14.1. The first kappa shape index (κ1) is 18.9. The Labute approximate surface area is 156 Å². The van der Waals surface area contributed by atoms with Crippen molar-refractivity contribution < 1.29 is 24.2 Å². The number of aliphatic carboxylic acids is 1. The molecular formula is C19H22FN3O4. The summed E-state index contributed by atoms with van der Waals surface area (Å²) < 4.78 is 15.2. The number of nitrogens with zero attached hydrogens (tertiary/aromatic N) is 3. The molecule has 3 rings (SSSR count). The molecule has 0 radical (unpaired) electrons. The van der Waals surface area contributed by atoms with Gasteiger partial charge in [-0.05, 0) is 36.5 Å². The highest BCUT2D eigenvalue weighted by atomic mass is 19.1. The van der Waals surface area contributed by atoms with Crippen molar-refractivity contribution in [2.45, 2.75) is 20.8 Å². The summed E-state index contributed by atoms with van der Waals surface area (Å²) >= 11 is 0. The third-order valence-corrected chi connectivity index (χ3v) is 5.07. The van der Waals surface area contributed by atoms with Crippen molar-refractivity contribution in [1.29, 1.82) is 0 Å². The fraction of sp³-hybridized carbons (Fsp3) is 0.421. The minimum absolute atomic E-state index is 0.0577. The molecule has 1 fully saturated rings. The van der Waals surface area contributed by atoms with Gasteiger partial charge in [0.05, 0.1) is 12.1 Å². The normalized spacial score (nSPS) is 19.7. The van der Waals surface area contributed by atoms with Crippen LogP contribution >= 0.6 is 0 Å². The van der Waals surface area contributed by atoms with Crippen LogP contribution in [0.4, 0.5) is 4.39 Å². The smallest absolute Gasteiger partial charge is 0.308 e. The van der Waals surface area contributed by atoms with E-state index in [9.17, 15) is 24.2 Å². The zero-order valence-electron chi connectivity index (χ0n) is 15.4. The molecule has 0 unspecified atom stereocenters. The Morgan fingerprint density at radius 2 is 2.00 bits per heavy atom. The van der Waals surface area contributed by atoms with Gasteiger partial charge in [0.15, 0.2) is 11.4 Å². The molecule has 7 nitrogen and oxygen atoms in total. The van der Waals surface area contributed by atoms with Crippen LogP contribution in [-0.4, -0.2) is 49.9 Å². The van der Waals surface area contributed by atoms with Gasteiger partial charge in [-0.25, -0.2) is 9.07 Å². The average Bonchev–Trinajstić information content (AvgIpc) is 3.20. The molecule has 8 heteroatoms. The summed E-state index contributed by atoms with van der Waals surface area (Å²) in [5.74, 6) is -3.15. The number of likely N-dealkylation sites (tertiary alicyclic amines) is 1. The summed E-state index contributed by atoms with van der Waals surface area (Å²) in [5, 5.41) is 23.6. The minimum Gasteiger partial charge on any atom is -0.504 e. The van der Waals surface area contributed by atoms with Crippen molar-refractivity contribution in [3.63, 3.8) is 0 Å². The number of carbonyl (C=O) groups is 2. The largest absolute Gasteiger partial charge is 0.504 e. The molecule has 1 aromatic heterocycles. The standard InChI is InChI=1S/C19H22FN3O4/c1-10(2)12-7-22(8-13(12)19(26)27)18(25)17-16(24)9-23(21-17)15-6-11(3)4-5-14(15)20/h4-6,9-10,12-13,24H,7-8H2,1-3H3,(H,26,27)/t12-,13+/m0/s1. The van der Waals surface area contributed by atoms with Crippen LogP contribution in [0.1, 0.15) is 29.9 Å². The Morgan fingerprint density at radius 1 is 1.30 bits per heavy atom. The van der Waals surface area contributed by atoms with E-state index in [4.69, 9.17) is 0 Å². The molecule has 144 valence electrons. The van der Waals surface area contributed by atoms with E-state index < -0.39 is 23.6 Å². The number of halogens is 1. The van der Waals surface area contributed by atoms with E-state index in [2.05, 4.69) is 5.10 Å². The van der Waals surface area contributed by atoms with E-state index in [0.29, 0.717) is 0 Å². The molecule has 0 saturated carbocycles. The van der Waals surface area contributed by atoms with Crippen molar-refractivity contribution in [3.8, 4) is 11.4 Å². The summed E-state index contributed by atoms with van der Waals surface area (Å²) in [6, 6.07) is 4.45. The van der Waals surface area contributed by atoms with Crippen LogP contribution in [0.2, 0.25) is 0 Å². The van der Waals surface area contributed by atoms with Crippen LogP contribution in [0.5, 0.6) is 5.75 Å². The maximum Gasteiger partial charge on any atom is 0.308 e. The molecule has 2 heterocycles. The van der Waals surface area contributed by atoms with Crippen molar-refractivity contribution in [3.05, 3.63) is 41.5 Å². The van der Waals surface area contributed by atoms with Gasteiger partial charge in [-0.2, -0.15) is 5.10 Å². The van der Waals surface area contributed by atoms with Gasteiger partial charge in [-0.3, -0.25) is 9.59 Å². The van der Waals surface area contributed by atoms with E-state index in [-0.39, 0.29) is 42.1 Å². The highest BCUT2D eigenvalue weighted by Crippen LogP contribution is 2.32. The Morgan fingerprint density at radius 3 is 2.59 bits per heavy atom. The van der Waals surface area contributed by atoms with Gasteiger partial charge < -0.3 is 15.1 Å². The van der Waals surface area contributed by atoms with Gasteiger partial charge in [-0.1, -0.05) is 19.9 Å². The fourth-order valence-electron chi connectivity index (χ4n) is 3.52. The fourth-order valence-corrected chi connectivity index (χ4v) is 3.52. The molecule has 2 atom stereocenters. The molecule has 2 N–H and O–H groups in total. The Kier molecular flexibility index (Phi) is 4.91. The summed E-state index contributed by atoms with van der Waals surface area (Å²) in [4.78, 5) is 25.7. The number of carbonyl (C=O) groups excluding carboxylic acids is 1. The highest BCUT2D eigenvalue weighted by Gasteiger charge is 2.42. The maximum atomic E-state index is 14.1. The van der Waals surface area contributed by atoms with Crippen molar-refractivity contribution in [1.82, 2.24) is 14.7 Å². The van der Waals surface area contributed by atoms with Gasteiger partial charge in [0.2, 0.25) is 0 Å². The van der Waals surface area contributed by atoms with E-state index >= 15 is 0 Å². The second kappa shape index (κ2) is 7.02. The summed E-state index contributed by atoms with van der Waals surface area (Å²) in [6.07, 6.45) is 1.18. The first-order chi connectivity index (χ1) is 12.7. The minimum atomic E-state index is -0.944. The van der Waals surface area contributed by atoms with Crippen LogP contribution in [0, 0.1) is 30.5 Å².